The van der Waals surface area contributed by atoms with Gasteiger partial charge in [-0.05, 0) is 79.1 Å². The third kappa shape index (κ3) is 5.22. The summed E-state index contributed by atoms with van der Waals surface area (Å²) in [7, 11) is 0. The minimum absolute atomic E-state index is 0.0278. The molecular weight excluding hydrogens is 466 g/mol. The van der Waals surface area contributed by atoms with Gasteiger partial charge in [-0.2, -0.15) is 5.10 Å². The molecule has 32 heavy (non-hydrogen) atoms. The molecule has 0 unspecified atom stereocenters. The van der Waals surface area contributed by atoms with Gasteiger partial charge in [0.25, 0.3) is 5.91 Å². The number of piperazine rings is 1. The van der Waals surface area contributed by atoms with Gasteiger partial charge in [-0.1, -0.05) is 18.2 Å². The Kier molecular flexibility index (Phi) is 7.27. The highest BCUT2D eigenvalue weighted by molar-refractivity contribution is 9.10. The van der Waals surface area contributed by atoms with E-state index in [4.69, 9.17) is 0 Å². The molecule has 2 aromatic carbocycles. The molecule has 168 valence electrons. The highest BCUT2D eigenvalue weighted by Crippen LogP contribution is 2.23. The van der Waals surface area contributed by atoms with Crippen molar-refractivity contribution in [2.24, 2.45) is 0 Å². The van der Waals surface area contributed by atoms with Crippen molar-refractivity contribution < 1.29 is 4.79 Å². The van der Waals surface area contributed by atoms with Crippen LogP contribution in [0.2, 0.25) is 0 Å². The van der Waals surface area contributed by atoms with Gasteiger partial charge < -0.3 is 10.2 Å². The zero-order valence-corrected chi connectivity index (χ0v) is 20.3. The molecule has 0 radical (unpaired) electrons. The second-order valence-electron chi connectivity index (χ2n) is 8.22. The monoisotopic (exact) mass is 495 g/mol. The van der Waals surface area contributed by atoms with Crippen LogP contribution < -0.4 is 10.2 Å². The quantitative estimate of drug-likeness (QED) is 0.499. The summed E-state index contributed by atoms with van der Waals surface area (Å²) >= 11 is 3.56. The number of hydrogen-bond donors (Lipinski definition) is 1. The lowest BCUT2D eigenvalue weighted by Gasteiger charge is -2.36. The number of anilines is 1. The number of para-hydroxylation sites is 1. The van der Waals surface area contributed by atoms with Gasteiger partial charge >= 0.3 is 0 Å². The molecule has 7 heteroatoms. The number of nitrogens with one attached hydrogen (secondary N) is 1. The van der Waals surface area contributed by atoms with Crippen LogP contribution in [0, 0.1) is 13.8 Å². The average molecular weight is 496 g/mol. The van der Waals surface area contributed by atoms with Crippen molar-refractivity contribution in [3.05, 3.63) is 76.0 Å². The topological polar surface area (TPSA) is 53.4 Å². The summed E-state index contributed by atoms with van der Waals surface area (Å²) in [4.78, 5) is 17.4. The summed E-state index contributed by atoms with van der Waals surface area (Å²) in [6.07, 6.45) is 0.953. The van der Waals surface area contributed by atoms with E-state index in [0.717, 1.165) is 60.7 Å². The van der Waals surface area contributed by atoms with E-state index in [0.29, 0.717) is 12.1 Å². The molecule has 3 aromatic rings. The summed E-state index contributed by atoms with van der Waals surface area (Å²) in [6, 6.07) is 18.2. The number of aromatic nitrogens is 2. The lowest BCUT2D eigenvalue weighted by molar-refractivity contribution is 0.0951. The Labute approximate surface area is 198 Å². The SMILES string of the molecule is Cc1nn(-c2ccc(C(=O)NCCCN3CCN(c4ccccc4)CC3)cc2)c(C)c1Br. The summed E-state index contributed by atoms with van der Waals surface area (Å²) in [5.41, 5.74) is 4.92. The molecule has 0 aliphatic carbocycles. The number of nitrogens with zero attached hydrogens (tertiary/aromatic N) is 4. The van der Waals surface area contributed by atoms with E-state index in [1.165, 1.54) is 5.69 Å². The Hall–Kier alpha value is -2.64. The fourth-order valence-corrected chi connectivity index (χ4v) is 4.35. The van der Waals surface area contributed by atoms with E-state index >= 15 is 0 Å². The number of hydrogen-bond acceptors (Lipinski definition) is 4. The number of rotatable bonds is 7. The number of halogens is 1. The van der Waals surface area contributed by atoms with Crippen LogP contribution in [0.5, 0.6) is 0 Å². The van der Waals surface area contributed by atoms with E-state index < -0.39 is 0 Å². The van der Waals surface area contributed by atoms with Crippen LogP contribution in [0.3, 0.4) is 0 Å². The van der Waals surface area contributed by atoms with Gasteiger partial charge in [0.2, 0.25) is 0 Å². The van der Waals surface area contributed by atoms with Gasteiger partial charge in [-0.15, -0.1) is 0 Å². The molecule has 1 amide bonds. The van der Waals surface area contributed by atoms with Crippen LogP contribution in [0.1, 0.15) is 28.2 Å². The first-order valence-corrected chi connectivity index (χ1v) is 11.9. The summed E-state index contributed by atoms with van der Waals surface area (Å²) in [6.45, 7) is 9.91. The molecule has 1 N–H and O–H groups in total. The second-order valence-corrected chi connectivity index (χ2v) is 9.01. The molecule has 0 bridgehead atoms. The molecule has 1 aromatic heterocycles. The maximum atomic E-state index is 12.5. The van der Waals surface area contributed by atoms with Gasteiger partial charge in [0, 0.05) is 44.0 Å². The molecule has 0 spiro atoms. The molecule has 1 fully saturated rings. The standard InChI is InChI=1S/C25H30BrN5O/c1-19-24(26)20(2)31(28-19)23-11-9-21(10-12-23)25(32)27-13-6-14-29-15-17-30(18-16-29)22-7-4-3-5-8-22/h3-5,7-12H,6,13-18H2,1-2H3,(H,27,32). The average Bonchev–Trinajstić information content (AvgIpc) is 3.10. The van der Waals surface area contributed by atoms with Crippen molar-refractivity contribution >= 4 is 27.5 Å². The van der Waals surface area contributed by atoms with Crippen molar-refractivity contribution in [3.63, 3.8) is 0 Å². The third-order valence-electron chi connectivity index (χ3n) is 6.01. The Morgan fingerprint density at radius 3 is 2.28 bits per heavy atom. The lowest BCUT2D eigenvalue weighted by atomic mass is 10.2. The molecule has 2 heterocycles. The normalized spacial score (nSPS) is 14.5. The predicted molar refractivity (Wildman–Crippen MR) is 133 cm³/mol. The number of benzene rings is 2. The fourth-order valence-electron chi connectivity index (χ4n) is 4.10. The minimum Gasteiger partial charge on any atom is -0.369 e. The minimum atomic E-state index is -0.0278. The molecule has 0 saturated carbocycles. The Morgan fingerprint density at radius 1 is 0.969 bits per heavy atom. The van der Waals surface area contributed by atoms with Crippen LogP contribution in [-0.4, -0.2) is 59.9 Å². The maximum Gasteiger partial charge on any atom is 0.251 e. The van der Waals surface area contributed by atoms with Crippen LogP contribution in [-0.2, 0) is 0 Å². The molecule has 6 nitrogen and oxygen atoms in total. The van der Waals surface area contributed by atoms with E-state index in [1.807, 2.05) is 42.8 Å². The van der Waals surface area contributed by atoms with Crippen LogP contribution in [0.4, 0.5) is 5.69 Å². The van der Waals surface area contributed by atoms with Crippen molar-refractivity contribution in [2.75, 3.05) is 44.2 Å². The zero-order chi connectivity index (χ0) is 22.5. The summed E-state index contributed by atoms with van der Waals surface area (Å²) in [5.74, 6) is -0.0278. The Bertz CT molecular complexity index is 1040. The molecule has 1 saturated heterocycles. The number of carbonyl (C=O) groups excluding carboxylic acids is 1. The third-order valence-corrected chi connectivity index (χ3v) is 7.16. The van der Waals surface area contributed by atoms with Gasteiger partial charge in [0.15, 0.2) is 0 Å². The highest BCUT2D eigenvalue weighted by atomic mass is 79.9. The first kappa shape index (κ1) is 22.6. The smallest absolute Gasteiger partial charge is 0.251 e. The van der Waals surface area contributed by atoms with Crippen LogP contribution in [0.25, 0.3) is 5.69 Å². The van der Waals surface area contributed by atoms with E-state index in [9.17, 15) is 4.79 Å². The maximum absolute atomic E-state index is 12.5. The van der Waals surface area contributed by atoms with Crippen molar-refractivity contribution in [1.29, 1.82) is 0 Å². The van der Waals surface area contributed by atoms with E-state index in [2.05, 4.69) is 66.5 Å². The van der Waals surface area contributed by atoms with Crippen LogP contribution >= 0.6 is 15.9 Å². The highest BCUT2D eigenvalue weighted by Gasteiger charge is 2.17. The first-order chi connectivity index (χ1) is 15.5. The zero-order valence-electron chi connectivity index (χ0n) is 18.7. The molecule has 0 atom stereocenters. The summed E-state index contributed by atoms with van der Waals surface area (Å²) in [5, 5.41) is 7.59. The number of carbonyl (C=O) groups is 1. The Morgan fingerprint density at radius 2 is 1.66 bits per heavy atom. The van der Waals surface area contributed by atoms with Gasteiger partial charge in [0.1, 0.15) is 0 Å². The first-order valence-electron chi connectivity index (χ1n) is 11.2. The molecular formula is C25H30BrN5O. The predicted octanol–water partition coefficient (Wildman–Crippen LogP) is 4.19. The van der Waals surface area contributed by atoms with Gasteiger partial charge in [-0.3, -0.25) is 9.69 Å². The van der Waals surface area contributed by atoms with E-state index in [1.54, 1.807) is 0 Å². The van der Waals surface area contributed by atoms with E-state index in [-0.39, 0.29) is 5.91 Å². The molecule has 1 aliphatic heterocycles. The van der Waals surface area contributed by atoms with Gasteiger partial charge in [-0.25, -0.2) is 4.68 Å². The summed E-state index contributed by atoms with van der Waals surface area (Å²) < 4.78 is 2.90. The fraction of sp³-hybridized carbons (Fsp3) is 0.360. The largest absolute Gasteiger partial charge is 0.369 e. The number of amides is 1. The van der Waals surface area contributed by atoms with Crippen molar-refractivity contribution in [1.82, 2.24) is 20.0 Å². The number of aryl methyl sites for hydroxylation is 1. The van der Waals surface area contributed by atoms with Crippen molar-refractivity contribution in [2.45, 2.75) is 20.3 Å². The van der Waals surface area contributed by atoms with Gasteiger partial charge in [0.05, 0.1) is 21.5 Å². The lowest BCUT2D eigenvalue weighted by Crippen LogP contribution is -2.47. The van der Waals surface area contributed by atoms with Crippen molar-refractivity contribution in [3.8, 4) is 5.69 Å². The second kappa shape index (κ2) is 10.3. The molecule has 1 aliphatic rings. The molecule has 4 rings (SSSR count). The Balaban J connectivity index is 1.20. The van der Waals surface area contributed by atoms with Crippen LogP contribution in [0.15, 0.2) is 59.1 Å².